The van der Waals surface area contributed by atoms with E-state index in [9.17, 15) is 4.79 Å². The van der Waals surface area contributed by atoms with E-state index in [1.165, 1.54) is 16.7 Å². The molecule has 0 saturated carbocycles. The van der Waals surface area contributed by atoms with Gasteiger partial charge in [-0.1, -0.05) is 97.9 Å². The Balaban J connectivity index is 2.03. The van der Waals surface area contributed by atoms with Crippen molar-refractivity contribution in [1.29, 1.82) is 0 Å². The Morgan fingerprint density at radius 1 is 0.821 bits per heavy atom. The number of ketones is 1. The van der Waals surface area contributed by atoms with E-state index in [1.807, 2.05) is 6.92 Å². The van der Waals surface area contributed by atoms with Crippen LogP contribution in [0.4, 0.5) is 0 Å². The third kappa shape index (κ3) is 3.08. The highest BCUT2D eigenvalue weighted by molar-refractivity contribution is 5.84. The van der Waals surface area contributed by atoms with E-state index in [4.69, 9.17) is 0 Å². The van der Waals surface area contributed by atoms with Gasteiger partial charge in [-0.2, -0.15) is 0 Å². The number of hydrogen-bond acceptors (Lipinski definition) is 2. The monoisotopic (exact) mass is 369 g/mol. The molecule has 28 heavy (non-hydrogen) atoms. The average molecular weight is 370 g/mol. The number of Topliss-reactive ketones (excluding diaryl/α,β-unsaturated/α-hetero) is 1. The van der Waals surface area contributed by atoms with Crippen molar-refractivity contribution in [2.24, 2.45) is 0 Å². The van der Waals surface area contributed by atoms with Crippen LogP contribution in [0.1, 0.15) is 42.9 Å². The minimum atomic E-state index is -0.476. The van der Waals surface area contributed by atoms with Crippen LogP contribution in [-0.4, -0.2) is 23.3 Å². The van der Waals surface area contributed by atoms with E-state index < -0.39 is 5.54 Å². The molecule has 1 atom stereocenters. The normalized spacial score (nSPS) is 17.5. The lowest BCUT2D eigenvalue weighted by Crippen LogP contribution is -2.52. The SMILES string of the molecule is CCC(=O)[C@@H]1CCCN1C(c1ccccc1)(c1ccccc1)c1ccccc1. The highest BCUT2D eigenvalue weighted by Gasteiger charge is 2.48. The van der Waals surface area contributed by atoms with Crippen molar-refractivity contribution < 1.29 is 4.79 Å². The van der Waals surface area contributed by atoms with Crippen LogP contribution in [0.3, 0.4) is 0 Å². The molecule has 0 amide bonds. The summed E-state index contributed by atoms with van der Waals surface area (Å²) in [6, 6.07) is 31.9. The molecule has 4 rings (SSSR count). The lowest BCUT2D eigenvalue weighted by atomic mass is 9.75. The van der Waals surface area contributed by atoms with Gasteiger partial charge in [0.2, 0.25) is 0 Å². The number of rotatable bonds is 6. The van der Waals surface area contributed by atoms with Crippen molar-refractivity contribution in [2.45, 2.75) is 37.8 Å². The minimum absolute atomic E-state index is 0.0504. The van der Waals surface area contributed by atoms with Gasteiger partial charge in [0, 0.05) is 13.0 Å². The van der Waals surface area contributed by atoms with Crippen LogP contribution < -0.4 is 0 Å². The van der Waals surface area contributed by atoms with Crippen LogP contribution in [0.25, 0.3) is 0 Å². The van der Waals surface area contributed by atoms with Gasteiger partial charge < -0.3 is 0 Å². The van der Waals surface area contributed by atoms with E-state index in [0.717, 1.165) is 19.4 Å². The first-order valence-corrected chi connectivity index (χ1v) is 10.2. The van der Waals surface area contributed by atoms with Crippen molar-refractivity contribution in [3.8, 4) is 0 Å². The van der Waals surface area contributed by atoms with Crippen molar-refractivity contribution in [1.82, 2.24) is 4.90 Å². The molecule has 2 nitrogen and oxygen atoms in total. The molecule has 0 radical (unpaired) electrons. The maximum absolute atomic E-state index is 12.9. The average Bonchev–Trinajstić information content (AvgIpc) is 3.26. The maximum atomic E-state index is 12.9. The van der Waals surface area contributed by atoms with Crippen LogP contribution >= 0.6 is 0 Å². The molecule has 0 unspecified atom stereocenters. The molecule has 3 aromatic rings. The Labute approximate surface area is 167 Å². The van der Waals surface area contributed by atoms with E-state index >= 15 is 0 Å². The predicted octanol–water partition coefficient (Wildman–Crippen LogP) is 5.42. The van der Waals surface area contributed by atoms with Gasteiger partial charge in [-0.3, -0.25) is 9.69 Å². The van der Waals surface area contributed by atoms with Crippen molar-refractivity contribution >= 4 is 5.78 Å². The molecule has 0 aromatic heterocycles. The summed E-state index contributed by atoms with van der Waals surface area (Å²) in [5.74, 6) is 0.338. The molecule has 0 N–H and O–H groups in total. The summed E-state index contributed by atoms with van der Waals surface area (Å²) in [6.07, 6.45) is 2.56. The summed E-state index contributed by atoms with van der Waals surface area (Å²) in [7, 11) is 0. The summed E-state index contributed by atoms with van der Waals surface area (Å²) in [6.45, 7) is 2.89. The second-order valence-corrected chi connectivity index (χ2v) is 7.48. The predicted molar refractivity (Wildman–Crippen MR) is 114 cm³/mol. The molecule has 2 heteroatoms. The van der Waals surface area contributed by atoms with E-state index in [1.54, 1.807) is 0 Å². The highest BCUT2D eigenvalue weighted by atomic mass is 16.1. The van der Waals surface area contributed by atoms with E-state index in [0.29, 0.717) is 12.2 Å². The number of hydrogen-bond donors (Lipinski definition) is 0. The molecule has 0 spiro atoms. The first-order chi connectivity index (χ1) is 13.8. The molecule has 142 valence electrons. The van der Waals surface area contributed by atoms with E-state index in [2.05, 4.69) is 95.9 Å². The molecule has 0 aliphatic carbocycles. The third-order valence-corrected chi connectivity index (χ3v) is 5.98. The van der Waals surface area contributed by atoms with Gasteiger partial charge >= 0.3 is 0 Å². The van der Waals surface area contributed by atoms with Gasteiger partial charge in [-0.15, -0.1) is 0 Å². The molecule has 1 fully saturated rings. The molecule has 1 aliphatic rings. The van der Waals surface area contributed by atoms with Gasteiger partial charge in [-0.05, 0) is 29.5 Å². The summed E-state index contributed by atoms with van der Waals surface area (Å²) in [5, 5.41) is 0. The molecular weight excluding hydrogens is 342 g/mol. The molecule has 1 aliphatic heterocycles. The van der Waals surface area contributed by atoms with Gasteiger partial charge in [0.05, 0.1) is 11.6 Å². The number of carbonyl (C=O) groups is 1. The fourth-order valence-electron chi connectivity index (χ4n) is 4.77. The molecule has 1 saturated heterocycles. The fourth-order valence-corrected chi connectivity index (χ4v) is 4.77. The number of carbonyl (C=O) groups excluding carboxylic acids is 1. The fraction of sp³-hybridized carbons (Fsp3) is 0.269. The minimum Gasteiger partial charge on any atom is -0.298 e. The number of benzene rings is 3. The van der Waals surface area contributed by atoms with Gasteiger partial charge in [0.15, 0.2) is 0 Å². The van der Waals surface area contributed by atoms with Crippen molar-refractivity contribution in [2.75, 3.05) is 6.54 Å². The number of likely N-dealkylation sites (tertiary alicyclic amines) is 1. The lowest BCUT2D eigenvalue weighted by Gasteiger charge is -2.46. The largest absolute Gasteiger partial charge is 0.298 e. The molecular formula is C26H27NO. The number of nitrogens with zero attached hydrogens (tertiary/aromatic N) is 1. The zero-order valence-corrected chi connectivity index (χ0v) is 16.4. The molecule has 3 aromatic carbocycles. The Morgan fingerprint density at radius 2 is 1.25 bits per heavy atom. The van der Waals surface area contributed by atoms with E-state index in [-0.39, 0.29) is 6.04 Å². The third-order valence-electron chi connectivity index (χ3n) is 5.98. The second kappa shape index (κ2) is 8.12. The maximum Gasteiger partial charge on any atom is 0.149 e. The first kappa shape index (κ1) is 18.6. The van der Waals surface area contributed by atoms with Crippen LogP contribution in [0, 0.1) is 0 Å². The van der Waals surface area contributed by atoms with Crippen LogP contribution in [0.5, 0.6) is 0 Å². The summed E-state index contributed by atoms with van der Waals surface area (Å²) >= 11 is 0. The zero-order valence-electron chi connectivity index (χ0n) is 16.4. The Hall–Kier alpha value is -2.71. The Kier molecular flexibility index (Phi) is 5.40. The highest BCUT2D eigenvalue weighted by Crippen LogP contribution is 2.46. The second-order valence-electron chi connectivity index (χ2n) is 7.48. The summed E-state index contributed by atoms with van der Waals surface area (Å²) < 4.78 is 0. The van der Waals surface area contributed by atoms with Crippen LogP contribution in [0.2, 0.25) is 0 Å². The van der Waals surface area contributed by atoms with Gasteiger partial charge in [0.25, 0.3) is 0 Å². The van der Waals surface area contributed by atoms with Crippen LogP contribution in [0.15, 0.2) is 91.0 Å². The van der Waals surface area contributed by atoms with Crippen molar-refractivity contribution in [3.05, 3.63) is 108 Å². The quantitative estimate of drug-likeness (QED) is 0.541. The smallest absolute Gasteiger partial charge is 0.149 e. The first-order valence-electron chi connectivity index (χ1n) is 10.2. The Bertz CT molecular complexity index is 808. The summed E-state index contributed by atoms with van der Waals surface area (Å²) in [4.78, 5) is 15.4. The lowest BCUT2D eigenvalue weighted by molar-refractivity contribution is -0.124. The Morgan fingerprint density at radius 3 is 1.64 bits per heavy atom. The van der Waals surface area contributed by atoms with Crippen molar-refractivity contribution in [3.63, 3.8) is 0 Å². The molecule has 0 bridgehead atoms. The summed E-state index contributed by atoms with van der Waals surface area (Å²) in [5.41, 5.74) is 3.16. The van der Waals surface area contributed by atoms with Gasteiger partial charge in [-0.25, -0.2) is 0 Å². The van der Waals surface area contributed by atoms with Crippen LogP contribution in [-0.2, 0) is 10.3 Å². The zero-order chi connectivity index (χ0) is 19.4. The van der Waals surface area contributed by atoms with Gasteiger partial charge in [0.1, 0.15) is 5.78 Å². The molecule has 1 heterocycles. The topological polar surface area (TPSA) is 20.3 Å². The standard InChI is InChI=1S/C26H27NO/c1-2-25(28)24-19-12-20-27(24)26(21-13-6-3-7-14-21,22-15-8-4-9-16-22)23-17-10-5-11-18-23/h3-11,13-18,24H,2,12,19-20H2,1H3/t24-/m0/s1.